The predicted molar refractivity (Wildman–Crippen MR) is 78.5 cm³/mol. The van der Waals surface area contributed by atoms with Gasteiger partial charge in [0.1, 0.15) is 0 Å². The first-order valence-electron chi connectivity index (χ1n) is 7.17. The summed E-state index contributed by atoms with van der Waals surface area (Å²) in [5.41, 5.74) is 2.13. The second-order valence-electron chi connectivity index (χ2n) is 4.98. The Kier molecular flexibility index (Phi) is 4.84. The standard InChI is InChI=1S/C15H22N4O/c1-5-12-9-16-8-7-13(12)14-18-15(20-19-14)10(3)11(4)17-6-2/h7-11,17H,5-6H2,1-4H3. The molecule has 0 saturated carbocycles. The first-order chi connectivity index (χ1) is 9.67. The SMILES string of the molecule is CCNC(C)C(C)c1nc(-c2ccncc2CC)no1. The van der Waals surface area contributed by atoms with Gasteiger partial charge in [-0.1, -0.05) is 25.9 Å². The van der Waals surface area contributed by atoms with Gasteiger partial charge in [-0.05, 0) is 31.5 Å². The Balaban J connectivity index is 2.24. The molecule has 1 N–H and O–H groups in total. The Morgan fingerprint density at radius 2 is 2.10 bits per heavy atom. The highest BCUT2D eigenvalue weighted by atomic mass is 16.5. The molecule has 5 heteroatoms. The van der Waals surface area contributed by atoms with E-state index in [9.17, 15) is 0 Å². The van der Waals surface area contributed by atoms with E-state index in [4.69, 9.17) is 4.52 Å². The van der Waals surface area contributed by atoms with Gasteiger partial charge in [-0.3, -0.25) is 4.98 Å². The number of nitrogens with one attached hydrogen (secondary N) is 1. The van der Waals surface area contributed by atoms with Gasteiger partial charge in [0.25, 0.3) is 0 Å². The second kappa shape index (κ2) is 6.61. The molecule has 2 aromatic heterocycles. The van der Waals surface area contributed by atoms with E-state index in [-0.39, 0.29) is 5.92 Å². The van der Waals surface area contributed by atoms with E-state index >= 15 is 0 Å². The molecule has 20 heavy (non-hydrogen) atoms. The van der Waals surface area contributed by atoms with Gasteiger partial charge in [0.15, 0.2) is 0 Å². The lowest BCUT2D eigenvalue weighted by Gasteiger charge is -2.16. The van der Waals surface area contributed by atoms with Crippen LogP contribution in [0.3, 0.4) is 0 Å². The Morgan fingerprint density at radius 3 is 2.80 bits per heavy atom. The highest BCUT2D eigenvalue weighted by Crippen LogP contribution is 2.24. The van der Waals surface area contributed by atoms with Crippen molar-refractivity contribution in [2.75, 3.05) is 6.54 Å². The molecule has 0 saturated heterocycles. The zero-order valence-electron chi connectivity index (χ0n) is 12.6. The second-order valence-corrected chi connectivity index (χ2v) is 4.98. The van der Waals surface area contributed by atoms with Crippen LogP contribution in [0.15, 0.2) is 23.0 Å². The lowest BCUT2D eigenvalue weighted by molar-refractivity contribution is 0.332. The molecule has 0 aliphatic carbocycles. The van der Waals surface area contributed by atoms with Crippen LogP contribution in [0, 0.1) is 0 Å². The third-order valence-corrected chi connectivity index (χ3v) is 3.63. The molecule has 5 nitrogen and oxygen atoms in total. The number of pyridine rings is 1. The van der Waals surface area contributed by atoms with Gasteiger partial charge < -0.3 is 9.84 Å². The number of likely N-dealkylation sites (N-methyl/N-ethyl adjacent to an activating group) is 1. The molecular formula is C15H22N4O. The third kappa shape index (κ3) is 3.04. The summed E-state index contributed by atoms with van der Waals surface area (Å²) >= 11 is 0. The molecule has 0 aliphatic heterocycles. The minimum absolute atomic E-state index is 0.183. The van der Waals surface area contributed by atoms with Crippen LogP contribution in [0.1, 0.15) is 45.1 Å². The molecule has 0 amide bonds. The van der Waals surface area contributed by atoms with Gasteiger partial charge in [-0.15, -0.1) is 0 Å². The summed E-state index contributed by atoms with van der Waals surface area (Å²) in [6.07, 6.45) is 4.52. The Hall–Kier alpha value is -1.75. The van der Waals surface area contributed by atoms with Crippen molar-refractivity contribution in [3.63, 3.8) is 0 Å². The molecule has 2 rings (SSSR count). The summed E-state index contributed by atoms with van der Waals surface area (Å²) in [7, 11) is 0. The van der Waals surface area contributed by atoms with Gasteiger partial charge in [0.05, 0.1) is 5.92 Å². The topological polar surface area (TPSA) is 63.8 Å². The molecule has 2 unspecified atom stereocenters. The van der Waals surface area contributed by atoms with E-state index in [1.54, 1.807) is 6.20 Å². The van der Waals surface area contributed by atoms with Crippen LogP contribution >= 0.6 is 0 Å². The summed E-state index contributed by atoms with van der Waals surface area (Å²) < 4.78 is 5.43. The van der Waals surface area contributed by atoms with E-state index in [0.717, 1.165) is 24.1 Å². The fraction of sp³-hybridized carbons (Fsp3) is 0.533. The zero-order valence-corrected chi connectivity index (χ0v) is 12.6. The highest BCUT2D eigenvalue weighted by molar-refractivity contribution is 5.58. The molecular weight excluding hydrogens is 252 g/mol. The van der Waals surface area contributed by atoms with Crippen molar-refractivity contribution in [2.45, 2.75) is 46.1 Å². The number of rotatable bonds is 6. The van der Waals surface area contributed by atoms with Crippen LogP contribution in [0.4, 0.5) is 0 Å². The summed E-state index contributed by atoms with van der Waals surface area (Å²) in [5.74, 6) is 1.50. The first kappa shape index (κ1) is 14.7. The molecule has 0 spiro atoms. The van der Waals surface area contributed by atoms with Gasteiger partial charge in [0.2, 0.25) is 11.7 Å². The van der Waals surface area contributed by atoms with E-state index in [1.807, 2.05) is 12.3 Å². The minimum atomic E-state index is 0.183. The van der Waals surface area contributed by atoms with Crippen molar-refractivity contribution >= 4 is 0 Å². The van der Waals surface area contributed by atoms with E-state index in [1.165, 1.54) is 0 Å². The summed E-state index contributed by atoms with van der Waals surface area (Å²) in [6.45, 7) is 9.33. The lowest BCUT2D eigenvalue weighted by atomic mass is 10.0. The number of hydrogen-bond donors (Lipinski definition) is 1. The molecule has 0 aliphatic rings. The van der Waals surface area contributed by atoms with E-state index < -0.39 is 0 Å². The van der Waals surface area contributed by atoms with Crippen LogP contribution in [0.2, 0.25) is 0 Å². The number of aryl methyl sites for hydroxylation is 1. The number of nitrogens with zero attached hydrogens (tertiary/aromatic N) is 3. The molecule has 2 atom stereocenters. The molecule has 2 aromatic rings. The molecule has 108 valence electrons. The molecule has 2 heterocycles. The first-order valence-corrected chi connectivity index (χ1v) is 7.17. The third-order valence-electron chi connectivity index (χ3n) is 3.63. The Bertz CT molecular complexity index is 552. The van der Waals surface area contributed by atoms with Gasteiger partial charge >= 0.3 is 0 Å². The molecule has 0 radical (unpaired) electrons. The lowest BCUT2D eigenvalue weighted by Crippen LogP contribution is -2.30. The molecule has 0 bridgehead atoms. The molecule has 0 fully saturated rings. The fourth-order valence-electron chi connectivity index (χ4n) is 2.17. The smallest absolute Gasteiger partial charge is 0.231 e. The summed E-state index contributed by atoms with van der Waals surface area (Å²) in [5, 5.41) is 7.49. The monoisotopic (exact) mass is 274 g/mol. The maximum absolute atomic E-state index is 5.43. The van der Waals surface area contributed by atoms with Crippen molar-refractivity contribution in [1.82, 2.24) is 20.4 Å². The normalized spacial score (nSPS) is 14.2. The van der Waals surface area contributed by atoms with E-state index in [0.29, 0.717) is 17.8 Å². The van der Waals surface area contributed by atoms with Crippen molar-refractivity contribution < 1.29 is 4.52 Å². The van der Waals surface area contributed by atoms with Gasteiger partial charge in [-0.25, -0.2) is 0 Å². The van der Waals surface area contributed by atoms with Crippen molar-refractivity contribution in [2.24, 2.45) is 0 Å². The van der Waals surface area contributed by atoms with Crippen molar-refractivity contribution in [3.8, 4) is 11.4 Å². The average molecular weight is 274 g/mol. The van der Waals surface area contributed by atoms with Gasteiger partial charge in [-0.2, -0.15) is 4.98 Å². The Morgan fingerprint density at radius 1 is 1.30 bits per heavy atom. The van der Waals surface area contributed by atoms with Crippen LogP contribution in [0.5, 0.6) is 0 Å². The molecule has 0 aromatic carbocycles. The summed E-state index contributed by atoms with van der Waals surface area (Å²) in [4.78, 5) is 8.69. The Labute approximate surface area is 119 Å². The van der Waals surface area contributed by atoms with Crippen molar-refractivity contribution in [3.05, 3.63) is 29.9 Å². The predicted octanol–water partition coefficient (Wildman–Crippen LogP) is 2.80. The largest absolute Gasteiger partial charge is 0.339 e. The number of aromatic nitrogens is 3. The van der Waals surface area contributed by atoms with E-state index in [2.05, 4.69) is 48.1 Å². The van der Waals surface area contributed by atoms with Gasteiger partial charge in [0, 0.05) is 24.0 Å². The highest BCUT2D eigenvalue weighted by Gasteiger charge is 2.21. The zero-order chi connectivity index (χ0) is 14.5. The van der Waals surface area contributed by atoms with Crippen LogP contribution in [0.25, 0.3) is 11.4 Å². The number of hydrogen-bond acceptors (Lipinski definition) is 5. The fourth-order valence-corrected chi connectivity index (χ4v) is 2.17. The maximum Gasteiger partial charge on any atom is 0.231 e. The minimum Gasteiger partial charge on any atom is -0.339 e. The summed E-state index contributed by atoms with van der Waals surface area (Å²) in [6, 6.07) is 2.24. The maximum atomic E-state index is 5.43. The van der Waals surface area contributed by atoms with Crippen LogP contribution < -0.4 is 5.32 Å². The van der Waals surface area contributed by atoms with Crippen LogP contribution in [-0.4, -0.2) is 27.7 Å². The van der Waals surface area contributed by atoms with Crippen molar-refractivity contribution in [1.29, 1.82) is 0 Å². The van der Waals surface area contributed by atoms with Crippen LogP contribution in [-0.2, 0) is 6.42 Å². The quantitative estimate of drug-likeness (QED) is 0.877. The average Bonchev–Trinajstić information content (AvgIpc) is 2.96.